The zero-order valence-corrected chi connectivity index (χ0v) is 20.5. The van der Waals surface area contributed by atoms with Gasteiger partial charge in [0.15, 0.2) is 0 Å². The number of benzene rings is 4. The first-order chi connectivity index (χ1) is 18.1. The molecule has 0 fully saturated rings. The van der Waals surface area contributed by atoms with E-state index in [0.717, 1.165) is 39.6 Å². The average Bonchev–Trinajstić information content (AvgIpc) is 3.47. The lowest BCUT2D eigenvalue weighted by molar-refractivity contribution is -0.124. The molecule has 7 rings (SSSR count). The Bertz CT molecular complexity index is 1600. The number of Topliss-reactive ketones (excluding diaryl/α,β-unsaturated/α-hetero) is 1. The Morgan fingerprint density at radius 3 is 2.35 bits per heavy atom. The summed E-state index contributed by atoms with van der Waals surface area (Å²) in [5.74, 6) is 0.316. The van der Waals surface area contributed by atoms with Crippen molar-refractivity contribution in [1.29, 1.82) is 0 Å². The highest BCUT2D eigenvalue weighted by molar-refractivity contribution is 5.98. The highest BCUT2D eigenvalue weighted by Gasteiger charge is 2.59. The Morgan fingerprint density at radius 2 is 1.59 bits per heavy atom. The maximum Gasteiger partial charge on any atom is 0.338 e. The molecule has 0 radical (unpaired) electrons. The van der Waals surface area contributed by atoms with Crippen LogP contribution in [-0.2, 0) is 21.4 Å². The van der Waals surface area contributed by atoms with Crippen LogP contribution in [0.15, 0.2) is 97.1 Å². The van der Waals surface area contributed by atoms with Crippen LogP contribution >= 0.6 is 0 Å². The molecule has 4 nitrogen and oxygen atoms in total. The molecule has 0 bridgehead atoms. The Morgan fingerprint density at radius 1 is 0.865 bits per heavy atom. The predicted molar refractivity (Wildman–Crippen MR) is 142 cm³/mol. The van der Waals surface area contributed by atoms with Crippen molar-refractivity contribution in [1.82, 2.24) is 0 Å². The first-order valence-corrected chi connectivity index (χ1v) is 12.8. The second-order valence-corrected chi connectivity index (χ2v) is 10.2. The molecule has 0 saturated carbocycles. The van der Waals surface area contributed by atoms with Crippen molar-refractivity contribution < 1.29 is 19.1 Å². The maximum absolute atomic E-state index is 13.9. The number of carbonyl (C=O) groups is 2. The van der Waals surface area contributed by atoms with Crippen molar-refractivity contribution >= 4 is 22.5 Å². The molecule has 0 amide bonds. The molecule has 0 aromatic heterocycles. The number of aryl methyl sites for hydroxylation is 1. The number of hydrogen-bond donors (Lipinski definition) is 0. The number of ether oxygens (including phenoxy) is 2. The van der Waals surface area contributed by atoms with E-state index in [-0.39, 0.29) is 23.6 Å². The van der Waals surface area contributed by atoms with E-state index in [4.69, 9.17) is 9.47 Å². The van der Waals surface area contributed by atoms with E-state index in [1.165, 1.54) is 5.56 Å². The fourth-order valence-corrected chi connectivity index (χ4v) is 6.82. The Balaban J connectivity index is 1.42. The normalized spacial score (nSPS) is 25.1. The standard InChI is InChI=1S/C33H26O4/c1-36-24-13-11-20-12-14-29(34)33(28(20)19-24)16-15-25-30(33)26-17-22-9-5-6-10-23(22)18-27(26)31(25)37-32(35)21-7-3-2-4-8-21/h2-11,13,15-19,25,30-31H,12,14H2,1H3/t25?,30?,31-,33?/m0/s1. The quantitative estimate of drug-likeness (QED) is 0.246. The summed E-state index contributed by atoms with van der Waals surface area (Å²) in [5.41, 5.74) is 3.98. The molecule has 4 aromatic carbocycles. The number of fused-ring (bicyclic) bond motifs is 7. The fourth-order valence-electron chi connectivity index (χ4n) is 6.82. The van der Waals surface area contributed by atoms with Gasteiger partial charge < -0.3 is 9.47 Å². The van der Waals surface area contributed by atoms with Gasteiger partial charge in [-0.05, 0) is 69.8 Å². The van der Waals surface area contributed by atoms with Gasteiger partial charge in [-0.15, -0.1) is 0 Å². The van der Waals surface area contributed by atoms with Gasteiger partial charge in [0.25, 0.3) is 0 Å². The summed E-state index contributed by atoms with van der Waals surface area (Å²) in [5, 5.41) is 2.21. The molecule has 0 N–H and O–H groups in total. The van der Waals surface area contributed by atoms with E-state index in [0.29, 0.717) is 12.0 Å². The molecule has 4 atom stereocenters. The molecule has 4 heteroatoms. The minimum absolute atomic E-state index is 0.138. The third-order valence-electron chi connectivity index (χ3n) is 8.49. The monoisotopic (exact) mass is 486 g/mol. The highest BCUT2D eigenvalue weighted by atomic mass is 16.5. The van der Waals surface area contributed by atoms with Gasteiger partial charge in [-0.3, -0.25) is 4.79 Å². The molecule has 0 saturated heterocycles. The predicted octanol–water partition coefficient (Wildman–Crippen LogP) is 6.48. The summed E-state index contributed by atoms with van der Waals surface area (Å²) in [7, 11) is 1.66. The molecule has 3 unspecified atom stereocenters. The van der Waals surface area contributed by atoms with Crippen molar-refractivity contribution in [3.05, 3.63) is 125 Å². The van der Waals surface area contributed by atoms with Crippen LogP contribution in [0.1, 0.15) is 51.1 Å². The van der Waals surface area contributed by atoms with Gasteiger partial charge >= 0.3 is 5.97 Å². The first-order valence-electron chi connectivity index (χ1n) is 12.8. The third-order valence-corrected chi connectivity index (χ3v) is 8.49. The zero-order valence-electron chi connectivity index (χ0n) is 20.5. The largest absolute Gasteiger partial charge is 0.497 e. The fraction of sp³-hybridized carbons (Fsp3) is 0.212. The van der Waals surface area contributed by atoms with Gasteiger partial charge in [0, 0.05) is 18.3 Å². The number of ketones is 1. The topological polar surface area (TPSA) is 52.6 Å². The minimum Gasteiger partial charge on any atom is -0.497 e. The summed E-state index contributed by atoms with van der Waals surface area (Å²) in [4.78, 5) is 27.2. The summed E-state index contributed by atoms with van der Waals surface area (Å²) in [6, 6.07) is 27.8. The lowest BCUT2D eigenvalue weighted by atomic mass is 9.61. The highest BCUT2D eigenvalue weighted by Crippen LogP contribution is 2.63. The summed E-state index contributed by atoms with van der Waals surface area (Å²) < 4.78 is 11.8. The van der Waals surface area contributed by atoms with Crippen LogP contribution in [0.4, 0.5) is 0 Å². The van der Waals surface area contributed by atoms with Gasteiger partial charge in [-0.2, -0.15) is 0 Å². The van der Waals surface area contributed by atoms with Crippen molar-refractivity contribution in [2.24, 2.45) is 5.92 Å². The lowest BCUT2D eigenvalue weighted by Gasteiger charge is -2.39. The number of carbonyl (C=O) groups excluding carboxylic acids is 2. The molecule has 37 heavy (non-hydrogen) atoms. The number of methoxy groups -OCH3 is 1. The Labute approximate surface area is 215 Å². The first kappa shape index (κ1) is 22.1. The number of hydrogen-bond acceptors (Lipinski definition) is 4. The van der Waals surface area contributed by atoms with Crippen molar-refractivity contribution in [2.45, 2.75) is 30.3 Å². The number of esters is 1. The van der Waals surface area contributed by atoms with Gasteiger partial charge in [0.1, 0.15) is 17.6 Å². The second-order valence-electron chi connectivity index (χ2n) is 10.2. The molecule has 3 aliphatic carbocycles. The van der Waals surface area contributed by atoms with E-state index in [9.17, 15) is 9.59 Å². The smallest absolute Gasteiger partial charge is 0.338 e. The zero-order chi connectivity index (χ0) is 25.1. The van der Waals surface area contributed by atoms with Gasteiger partial charge in [-0.25, -0.2) is 4.79 Å². The van der Waals surface area contributed by atoms with Crippen LogP contribution in [0.3, 0.4) is 0 Å². The number of rotatable bonds is 3. The molecular formula is C33H26O4. The van der Waals surface area contributed by atoms with Crippen molar-refractivity contribution in [2.75, 3.05) is 7.11 Å². The van der Waals surface area contributed by atoms with E-state index in [1.54, 1.807) is 19.2 Å². The van der Waals surface area contributed by atoms with Gasteiger partial charge in [-0.1, -0.05) is 66.7 Å². The summed E-state index contributed by atoms with van der Waals surface area (Å²) in [6.07, 6.45) is 4.94. The van der Waals surface area contributed by atoms with Crippen LogP contribution < -0.4 is 4.74 Å². The molecule has 182 valence electrons. The molecule has 3 aliphatic rings. The molecule has 0 heterocycles. The SMILES string of the molecule is COc1ccc2c(c1)C1(C=CC3C1c1cc4ccccc4cc1[C@H]3OC(=O)c1ccccc1)C(=O)CC2. The van der Waals surface area contributed by atoms with Crippen LogP contribution in [0, 0.1) is 5.92 Å². The van der Waals surface area contributed by atoms with E-state index < -0.39 is 11.5 Å². The van der Waals surface area contributed by atoms with E-state index >= 15 is 0 Å². The Kier molecular flexibility index (Phi) is 4.87. The van der Waals surface area contributed by atoms with E-state index in [1.807, 2.05) is 42.5 Å². The van der Waals surface area contributed by atoms with E-state index in [2.05, 4.69) is 42.5 Å². The van der Waals surface area contributed by atoms with Crippen LogP contribution in [0.25, 0.3) is 10.8 Å². The molecule has 4 aromatic rings. The summed E-state index contributed by atoms with van der Waals surface area (Å²) >= 11 is 0. The molecule has 0 aliphatic heterocycles. The third kappa shape index (κ3) is 3.15. The van der Waals surface area contributed by atoms with Crippen molar-refractivity contribution in [3.8, 4) is 5.75 Å². The average molecular weight is 487 g/mol. The summed E-state index contributed by atoms with van der Waals surface area (Å²) in [6.45, 7) is 0. The maximum atomic E-state index is 13.9. The minimum atomic E-state index is -0.808. The van der Waals surface area contributed by atoms with Crippen LogP contribution in [0.2, 0.25) is 0 Å². The molecular weight excluding hydrogens is 460 g/mol. The van der Waals surface area contributed by atoms with Crippen LogP contribution in [0.5, 0.6) is 5.75 Å². The van der Waals surface area contributed by atoms with Crippen molar-refractivity contribution in [3.63, 3.8) is 0 Å². The van der Waals surface area contributed by atoms with Gasteiger partial charge in [0.05, 0.1) is 18.1 Å². The van der Waals surface area contributed by atoms with Gasteiger partial charge in [0.2, 0.25) is 0 Å². The number of allylic oxidation sites excluding steroid dienone is 1. The Hall–Kier alpha value is -4.18. The van der Waals surface area contributed by atoms with Crippen LogP contribution in [-0.4, -0.2) is 18.9 Å². The second kappa shape index (κ2) is 8.17. The molecule has 1 spiro atoms. The lowest BCUT2D eigenvalue weighted by Crippen LogP contribution is -2.42.